The summed E-state index contributed by atoms with van der Waals surface area (Å²) in [7, 11) is -2.41. The van der Waals surface area contributed by atoms with Gasteiger partial charge in [0.15, 0.2) is 5.03 Å². The van der Waals surface area contributed by atoms with Crippen molar-refractivity contribution < 1.29 is 17.2 Å². The van der Waals surface area contributed by atoms with Gasteiger partial charge in [0.25, 0.3) is 16.4 Å². The van der Waals surface area contributed by atoms with Crippen LogP contribution in [0.4, 0.5) is 8.78 Å². The molecule has 17 heavy (non-hydrogen) atoms. The van der Waals surface area contributed by atoms with Crippen LogP contribution in [0.15, 0.2) is 17.6 Å². The fraction of sp³-hybridized carbons (Fsp3) is 0.625. The minimum atomic E-state index is -4.00. The van der Waals surface area contributed by atoms with E-state index in [2.05, 4.69) is 4.98 Å². The SMILES string of the molecule is Cn1cnc(S(=O)(=O)N(CCCl)CC(F)F)c1. The Morgan fingerprint density at radius 2 is 2.24 bits per heavy atom. The average molecular weight is 288 g/mol. The lowest BCUT2D eigenvalue weighted by molar-refractivity contribution is 0.121. The van der Waals surface area contributed by atoms with Crippen molar-refractivity contribution in [2.45, 2.75) is 11.5 Å². The third-order valence-corrected chi connectivity index (χ3v) is 3.88. The molecule has 0 spiro atoms. The van der Waals surface area contributed by atoms with Gasteiger partial charge in [-0.3, -0.25) is 0 Å². The van der Waals surface area contributed by atoms with Crippen LogP contribution in [0.3, 0.4) is 0 Å². The Labute approximate surface area is 103 Å². The molecule has 0 amide bonds. The molecule has 0 unspecified atom stereocenters. The molecule has 0 aliphatic heterocycles. The standard InChI is InChI=1S/C8H12ClF2N3O2S/c1-13-5-8(12-6-13)17(15,16)14(3-2-9)4-7(10)11/h5-7H,2-4H2,1H3. The Bertz CT molecular complexity index is 463. The second-order valence-electron chi connectivity index (χ2n) is 3.32. The highest BCUT2D eigenvalue weighted by atomic mass is 35.5. The van der Waals surface area contributed by atoms with Crippen LogP contribution < -0.4 is 0 Å². The van der Waals surface area contributed by atoms with Crippen LogP contribution in [-0.2, 0) is 17.1 Å². The Hall–Kier alpha value is -0.730. The largest absolute Gasteiger partial charge is 0.339 e. The van der Waals surface area contributed by atoms with Crippen LogP contribution in [-0.4, -0.2) is 47.7 Å². The molecule has 0 saturated heterocycles. The monoisotopic (exact) mass is 287 g/mol. The van der Waals surface area contributed by atoms with Crippen LogP contribution in [0, 0.1) is 0 Å². The van der Waals surface area contributed by atoms with Gasteiger partial charge in [0.1, 0.15) is 0 Å². The van der Waals surface area contributed by atoms with Crippen molar-refractivity contribution in [1.82, 2.24) is 13.9 Å². The van der Waals surface area contributed by atoms with Crippen molar-refractivity contribution in [3.05, 3.63) is 12.5 Å². The van der Waals surface area contributed by atoms with Crippen LogP contribution in [0.2, 0.25) is 0 Å². The van der Waals surface area contributed by atoms with Crippen LogP contribution in [0.1, 0.15) is 0 Å². The number of rotatable bonds is 6. The van der Waals surface area contributed by atoms with E-state index in [1.54, 1.807) is 7.05 Å². The van der Waals surface area contributed by atoms with Crippen molar-refractivity contribution in [2.24, 2.45) is 7.05 Å². The molecule has 0 aliphatic carbocycles. The first-order chi connectivity index (χ1) is 7.87. The van der Waals surface area contributed by atoms with E-state index in [0.29, 0.717) is 4.31 Å². The fourth-order valence-corrected chi connectivity index (χ4v) is 2.90. The molecule has 0 atom stereocenters. The maximum absolute atomic E-state index is 12.3. The molecular weight excluding hydrogens is 276 g/mol. The van der Waals surface area contributed by atoms with E-state index in [-0.39, 0.29) is 17.5 Å². The lowest BCUT2D eigenvalue weighted by Gasteiger charge is -2.19. The van der Waals surface area contributed by atoms with Crippen molar-refractivity contribution in [2.75, 3.05) is 19.0 Å². The summed E-state index contributed by atoms with van der Waals surface area (Å²) in [5.74, 6) is -0.0568. The zero-order valence-corrected chi connectivity index (χ0v) is 10.6. The first-order valence-corrected chi connectivity index (χ1v) is 6.67. The second-order valence-corrected chi connectivity index (χ2v) is 5.58. The number of halogens is 3. The van der Waals surface area contributed by atoms with E-state index in [1.165, 1.54) is 17.1 Å². The van der Waals surface area contributed by atoms with Crippen LogP contribution in [0.5, 0.6) is 0 Å². The molecule has 0 N–H and O–H groups in total. The summed E-state index contributed by atoms with van der Waals surface area (Å²) in [5, 5.41) is -0.259. The summed E-state index contributed by atoms with van der Waals surface area (Å²) >= 11 is 5.40. The molecule has 0 bridgehead atoms. The minimum Gasteiger partial charge on any atom is -0.339 e. The summed E-state index contributed by atoms with van der Waals surface area (Å²) < 4.78 is 50.5. The number of imidazole rings is 1. The average Bonchev–Trinajstić information content (AvgIpc) is 2.64. The quantitative estimate of drug-likeness (QED) is 0.731. The van der Waals surface area contributed by atoms with E-state index in [0.717, 1.165) is 0 Å². The number of alkyl halides is 3. The summed E-state index contributed by atoms with van der Waals surface area (Å²) in [6, 6.07) is 0. The predicted molar refractivity (Wildman–Crippen MR) is 58.7 cm³/mol. The molecule has 1 rings (SSSR count). The van der Waals surface area contributed by atoms with Gasteiger partial charge >= 0.3 is 0 Å². The number of nitrogens with zero attached hydrogens (tertiary/aromatic N) is 3. The van der Waals surface area contributed by atoms with Crippen molar-refractivity contribution >= 4 is 21.6 Å². The van der Waals surface area contributed by atoms with E-state index < -0.39 is 23.0 Å². The first-order valence-electron chi connectivity index (χ1n) is 4.70. The van der Waals surface area contributed by atoms with Crippen LogP contribution >= 0.6 is 11.6 Å². The van der Waals surface area contributed by atoms with Gasteiger partial charge in [0, 0.05) is 25.7 Å². The third-order valence-electron chi connectivity index (χ3n) is 1.96. The molecule has 1 aromatic heterocycles. The van der Waals surface area contributed by atoms with Crippen molar-refractivity contribution in [3.63, 3.8) is 0 Å². The van der Waals surface area contributed by atoms with Gasteiger partial charge in [-0.15, -0.1) is 11.6 Å². The topological polar surface area (TPSA) is 55.2 Å². The van der Waals surface area contributed by atoms with Crippen molar-refractivity contribution in [1.29, 1.82) is 0 Å². The maximum Gasteiger partial charge on any atom is 0.262 e. The Kier molecular flexibility index (Phi) is 4.84. The number of hydrogen-bond acceptors (Lipinski definition) is 3. The fourth-order valence-electron chi connectivity index (χ4n) is 1.21. The van der Waals surface area contributed by atoms with E-state index in [4.69, 9.17) is 11.6 Å². The molecule has 1 aromatic rings. The highest BCUT2D eigenvalue weighted by Gasteiger charge is 2.28. The van der Waals surface area contributed by atoms with Gasteiger partial charge in [-0.05, 0) is 0 Å². The molecule has 0 aromatic carbocycles. The van der Waals surface area contributed by atoms with E-state index in [9.17, 15) is 17.2 Å². The molecule has 0 saturated carbocycles. The molecule has 1 heterocycles. The summed E-state index contributed by atoms with van der Waals surface area (Å²) in [4.78, 5) is 3.64. The van der Waals surface area contributed by atoms with Crippen LogP contribution in [0.25, 0.3) is 0 Å². The predicted octanol–water partition coefficient (Wildman–Crippen LogP) is 0.915. The summed E-state index contributed by atoms with van der Waals surface area (Å²) in [5.41, 5.74) is 0. The number of aryl methyl sites for hydroxylation is 1. The zero-order valence-electron chi connectivity index (χ0n) is 9.05. The Balaban J connectivity index is 2.99. The van der Waals surface area contributed by atoms with Gasteiger partial charge in [-0.2, -0.15) is 4.31 Å². The molecule has 5 nitrogen and oxygen atoms in total. The lowest BCUT2D eigenvalue weighted by Crippen LogP contribution is -2.36. The third kappa shape index (κ3) is 3.62. The number of sulfonamides is 1. The van der Waals surface area contributed by atoms with Gasteiger partial charge in [0.2, 0.25) is 0 Å². The Morgan fingerprint density at radius 3 is 2.65 bits per heavy atom. The number of aromatic nitrogens is 2. The van der Waals surface area contributed by atoms with E-state index in [1.807, 2.05) is 0 Å². The minimum absolute atomic E-state index is 0.0568. The van der Waals surface area contributed by atoms with Gasteiger partial charge in [-0.1, -0.05) is 0 Å². The summed E-state index contributed by atoms with van der Waals surface area (Å²) in [6.45, 7) is -1.06. The molecule has 0 radical (unpaired) electrons. The molecule has 0 aliphatic rings. The zero-order chi connectivity index (χ0) is 13.1. The first kappa shape index (κ1) is 14.3. The second kappa shape index (κ2) is 5.74. The lowest BCUT2D eigenvalue weighted by atomic mass is 10.6. The molecule has 98 valence electrons. The van der Waals surface area contributed by atoms with Crippen molar-refractivity contribution in [3.8, 4) is 0 Å². The molecule has 9 heteroatoms. The highest BCUT2D eigenvalue weighted by Crippen LogP contribution is 2.14. The van der Waals surface area contributed by atoms with Gasteiger partial charge < -0.3 is 4.57 Å². The van der Waals surface area contributed by atoms with Gasteiger partial charge in [0.05, 0.1) is 12.9 Å². The molecular formula is C8H12ClF2N3O2S. The summed E-state index contributed by atoms with van der Waals surface area (Å²) in [6.07, 6.45) is -0.215. The molecule has 0 fully saturated rings. The normalized spacial score (nSPS) is 12.6. The number of hydrogen-bond donors (Lipinski definition) is 0. The highest BCUT2D eigenvalue weighted by molar-refractivity contribution is 7.89. The van der Waals surface area contributed by atoms with Gasteiger partial charge in [-0.25, -0.2) is 22.2 Å². The Morgan fingerprint density at radius 1 is 1.59 bits per heavy atom. The van der Waals surface area contributed by atoms with E-state index >= 15 is 0 Å². The smallest absolute Gasteiger partial charge is 0.262 e. The maximum atomic E-state index is 12.3.